The second kappa shape index (κ2) is 4.09. The minimum atomic E-state index is -0.307. The molecule has 2 rings (SSSR count). The molecule has 0 spiro atoms. The Labute approximate surface area is 87.9 Å². The number of hydrogen-bond donors (Lipinski definition) is 0. The molecule has 0 heterocycles. The van der Waals surface area contributed by atoms with E-state index in [9.17, 15) is 10.1 Å². The van der Waals surface area contributed by atoms with Crippen LogP contribution in [-0.4, -0.2) is 4.92 Å². The SMILES string of the molecule is O=[N+]([O-])C1=CC=C(c2ccccc2)CC1. The van der Waals surface area contributed by atoms with Crippen LogP contribution < -0.4 is 0 Å². The Kier molecular flexibility index (Phi) is 2.63. The topological polar surface area (TPSA) is 43.1 Å². The first-order valence-corrected chi connectivity index (χ1v) is 4.87. The molecular weight excluding hydrogens is 190 g/mol. The lowest BCUT2D eigenvalue weighted by Crippen LogP contribution is -2.02. The van der Waals surface area contributed by atoms with Crippen molar-refractivity contribution in [1.82, 2.24) is 0 Å². The number of nitrogens with zero attached hydrogens (tertiary/aromatic N) is 1. The third kappa shape index (κ3) is 2.13. The van der Waals surface area contributed by atoms with Crippen LogP contribution in [0.2, 0.25) is 0 Å². The van der Waals surface area contributed by atoms with E-state index in [4.69, 9.17) is 0 Å². The maximum absolute atomic E-state index is 10.5. The molecule has 0 saturated heterocycles. The number of rotatable bonds is 2. The molecule has 0 bridgehead atoms. The zero-order valence-electron chi connectivity index (χ0n) is 8.22. The van der Waals surface area contributed by atoms with Gasteiger partial charge in [0.25, 0.3) is 0 Å². The smallest absolute Gasteiger partial charge is 0.246 e. The number of allylic oxidation sites excluding steroid dienone is 4. The van der Waals surface area contributed by atoms with Gasteiger partial charge in [-0.25, -0.2) is 0 Å². The van der Waals surface area contributed by atoms with Crippen molar-refractivity contribution in [2.24, 2.45) is 0 Å². The van der Waals surface area contributed by atoms with Crippen molar-refractivity contribution >= 4 is 5.57 Å². The summed E-state index contributed by atoms with van der Waals surface area (Å²) in [5.41, 5.74) is 2.62. The van der Waals surface area contributed by atoms with Gasteiger partial charge in [0, 0.05) is 12.5 Å². The van der Waals surface area contributed by atoms with Gasteiger partial charge in [-0.3, -0.25) is 10.1 Å². The third-order valence-corrected chi connectivity index (χ3v) is 2.51. The normalized spacial score (nSPS) is 15.5. The highest BCUT2D eigenvalue weighted by atomic mass is 16.6. The molecule has 0 radical (unpaired) electrons. The average molecular weight is 201 g/mol. The van der Waals surface area contributed by atoms with E-state index >= 15 is 0 Å². The second-order valence-electron chi connectivity index (χ2n) is 3.47. The number of benzene rings is 1. The molecular formula is C12H11NO2. The average Bonchev–Trinajstić information content (AvgIpc) is 2.30. The Morgan fingerprint density at radius 1 is 1.07 bits per heavy atom. The van der Waals surface area contributed by atoms with Gasteiger partial charge in [0.1, 0.15) is 0 Å². The fourth-order valence-electron chi connectivity index (χ4n) is 1.67. The zero-order chi connectivity index (χ0) is 10.7. The minimum absolute atomic E-state index is 0.301. The molecule has 1 aromatic carbocycles. The zero-order valence-corrected chi connectivity index (χ0v) is 8.22. The molecule has 3 heteroatoms. The molecule has 0 atom stereocenters. The van der Waals surface area contributed by atoms with E-state index in [0.29, 0.717) is 12.1 Å². The Morgan fingerprint density at radius 3 is 2.33 bits per heavy atom. The van der Waals surface area contributed by atoms with Gasteiger partial charge in [0.15, 0.2) is 0 Å². The van der Waals surface area contributed by atoms with Crippen LogP contribution in [0.15, 0.2) is 48.2 Å². The van der Waals surface area contributed by atoms with Crippen LogP contribution in [0.4, 0.5) is 0 Å². The quantitative estimate of drug-likeness (QED) is 0.545. The molecule has 0 N–H and O–H groups in total. The van der Waals surface area contributed by atoms with E-state index < -0.39 is 0 Å². The van der Waals surface area contributed by atoms with Gasteiger partial charge >= 0.3 is 0 Å². The van der Waals surface area contributed by atoms with Crippen molar-refractivity contribution in [3.63, 3.8) is 0 Å². The van der Waals surface area contributed by atoms with Crippen LogP contribution in [0.5, 0.6) is 0 Å². The molecule has 1 aliphatic rings. The van der Waals surface area contributed by atoms with Crippen molar-refractivity contribution in [3.05, 3.63) is 63.9 Å². The highest BCUT2D eigenvalue weighted by molar-refractivity contribution is 5.68. The largest absolute Gasteiger partial charge is 0.259 e. The van der Waals surface area contributed by atoms with Gasteiger partial charge < -0.3 is 0 Å². The lowest BCUT2D eigenvalue weighted by atomic mass is 9.96. The molecule has 0 unspecified atom stereocenters. The molecule has 0 saturated carbocycles. The molecule has 0 fully saturated rings. The van der Waals surface area contributed by atoms with E-state index in [0.717, 1.165) is 12.0 Å². The highest BCUT2D eigenvalue weighted by Crippen LogP contribution is 2.26. The van der Waals surface area contributed by atoms with Crippen molar-refractivity contribution in [3.8, 4) is 0 Å². The van der Waals surface area contributed by atoms with Gasteiger partial charge in [-0.2, -0.15) is 0 Å². The lowest BCUT2D eigenvalue weighted by molar-refractivity contribution is -0.427. The van der Waals surface area contributed by atoms with Crippen LogP contribution in [0.25, 0.3) is 5.57 Å². The first kappa shape index (κ1) is 9.65. The van der Waals surface area contributed by atoms with Crippen molar-refractivity contribution < 1.29 is 4.92 Å². The fourth-order valence-corrected chi connectivity index (χ4v) is 1.67. The molecule has 76 valence electrons. The first-order valence-electron chi connectivity index (χ1n) is 4.87. The summed E-state index contributed by atoms with van der Waals surface area (Å²) in [6.07, 6.45) is 4.72. The van der Waals surface area contributed by atoms with E-state index in [2.05, 4.69) is 0 Å². The monoisotopic (exact) mass is 201 g/mol. The van der Waals surface area contributed by atoms with Crippen molar-refractivity contribution in [2.45, 2.75) is 12.8 Å². The lowest BCUT2D eigenvalue weighted by Gasteiger charge is -2.09. The Bertz CT molecular complexity index is 432. The molecule has 15 heavy (non-hydrogen) atoms. The Balaban J connectivity index is 2.25. The molecule has 0 aliphatic heterocycles. The van der Waals surface area contributed by atoms with Crippen LogP contribution in [-0.2, 0) is 0 Å². The molecule has 1 aliphatic carbocycles. The molecule has 0 aromatic heterocycles. The molecule has 3 nitrogen and oxygen atoms in total. The summed E-state index contributed by atoms with van der Waals surface area (Å²) < 4.78 is 0. The van der Waals surface area contributed by atoms with Gasteiger partial charge in [-0.05, 0) is 17.6 Å². The van der Waals surface area contributed by atoms with Crippen LogP contribution in [0.1, 0.15) is 18.4 Å². The summed E-state index contributed by atoms with van der Waals surface area (Å²) >= 11 is 0. The van der Waals surface area contributed by atoms with Gasteiger partial charge in [-0.1, -0.05) is 36.4 Å². The highest BCUT2D eigenvalue weighted by Gasteiger charge is 2.15. The standard InChI is InChI=1S/C12H11NO2/c14-13(15)12-8-6-11(7-9-12)10-4-2-1-3-5-10/h1-6,8H,7,9H2. The minimum Gasteiger partial charge on any atom is -0.259 e. The summed E-state index contributed by atoms with van der Waals surface area (Å²) in [6.45, 7) is 0. The van der Waals surface area contributed by atoms with Crippen molar-refractivity contribution in [2.75, 3.05) is 0 Å². The third-order valence-electron chi connectivity index (χ3n) is 2.51. The predicted octanol–water partition coefficient (Wildman–Crippen LogP) is 3.02. The van der Waals surface area contributed by atoms with Crippen LogP contribution in [0.3, 0.4) is 0 Å². The first-order chi connectivity index (χ1) is 7.27. The van der Waals surface area contributed by atoms with Gasteiger partial charge in [0.2, 0.25) is 5.70 Å². The summed E-state index contributed by atoms with van der Waals surface area (Å²) in [5.74, 6) is 0. The van der Waals surface area contributed by atoms with E-state index in [-0.39, 0.29) is 4.92 Å². The summed E-state index contributed by atoms with van der Waals surface area (Å²) in [7, 11) is 0. The Morgan fingerprint density at radius 2 is 1.80 bits per heavy atom. The maximum atomic E-state index is 10.5. The van der Waals surface area contributed by atoms with Crippen molar-refractivity contribution in [1.29, 1.82) is 0 Å². The van der Waals surface area contributed by atoms with E-state index in [1.807, 2.05) is 36.4 Å². The second-order valence-corrected chi connectivity index (χ2v) is 3.47. The summed E-state index contributed by atoms with van der Waals surface area (Å²) in [5, 5.41) is 10.5. The van der Waals surface area contributed by atoms with Gasteiger partial charge in [0.05, 0.1) is 4.92 Å². The fraction of sp³-hybridized carbons (Fsp3) is 0.167. The van der Waals surface area contributed by atoms with Crippen LogP contribution >= 0.6 is 0 Å². The van der Waals surface area contributed by atoms with Crippen LogP contribution in [0, 0.1) is 10.1 Å². The predicted molar refractivity (Wildman–Crippen MR) is 58.7 cm³/mol. The molecule has 0 amide bonds. The van der Waals surface area contributed by atoms with E-state index in [1.165, 1.54) is 5.57 Å². The van der Waals surface area contributed by atoms with Gasteiger partial charge in [-0.15, -0.1) is 0 Å². The Hall–Kier alpha value is -1.90. The molecule has 1 aromatic rings. The maximum Gasteiger partial charge on any atom is 0.246 e. The summed E-state index contributed by atoms with van der Waals surface area (Å²) in [4.78, 5) is 10.2. The number of nitro groups is 1. The van der Waals surface area contributed by atoms with E-state index in [1.54, 1.807) is 6.08 Å². The number of hydrogen-bond acceptors (Lipinski definition) is 2. The summed E-state index contributed by atoms with van der Waals surface area (Å²) in [6, 6.07) is 9.96.